The van der Waals surface area contributed by atoms with Crippen molar-refractivity contribution in [1.29, 1.82) is 0 Å². The molecule has 3 heteroatoms. The minimum Gasteiger partial charge on any atom is -0.201 e. The Morgan fingerprint density at radius 1 is 1.07 bits per heavy atom. The summed E-state index contributed by atoms with van der Waals surface area (Å²) in [5.41, 5.74) is 0.151. The number of hydrogen-bond donors (Lipinski definition) is 0. The van der Waals surface area contributed by atoms with Gasteiger partial charge in [-0.05, 0) is 25.0 Å². The van der Waals surface area contributed by atoms with E-state index < -0.39 is 11.8 Å². The van der Waals surface area contributed by atoms with Crippen LogP contribution in [0.15, 0.2) is 28.7 Å². The van der Waals surface area contributed by atoms with Crippen molar-refractivity contribution in [1.82, 2.24) is 0 Å². The van der Waals surface area contributed by atoms with Crippen molar-refractivity contribution in [2.45, 2.75) is 31.6 Å². The monoisotopic (exact) mass is 274 g/mol. The summed E-state index contributed by atoms with van der Waals surface area (Å²) in [6.45, 7) is 0. The Bertz CT molecular complexity index is 326. The van der Waals surface area contributed by atoms with Gasteiger partial charge < -0.3 is 0 Å². The Hall–Kier alpha value is -0.440. The lowest BCUT2D eigenvalue weighted by Crippen LogP contribution is -2.23. The van der Waals surface area contributed by atoms with Crippen molar-refractivity contribution in [3.8, 4) is 0 Å². The zero-order valence-electron chi connectivity index (χ0n) is 8.35. The molecule has 1 aliphatic rings. The molecule has 2 rings (SSSR count). The van der Waals surface area contributed by atoms with E-state index in [9.17, 15) is 8.78 Å². The summed E-state index contributed by atoms with van der Waals surface area (Å²) >= 11 is 3.25. The first-order valence-electron chi connectivity index (χ1n) is 5.24. The number of halogens is 3. The van der Waals surface area contributed by atoms with Crippen LogP contribution in [0.1, 0.15) is 31.2 Å². The quantitative estimate of drug-likeness (QED) is 0.731. The van der Waals surface area contributed by atoms with Crippen LogP contribution in [0.2, 0.25) is 0 Å². The van der Waals surface area contributed by atoms with Gasteiger partial charge in [-0.3, -0.25) is 0 Å². The summed E-state index contributed by atoms with van der Waals surface area (Å²) in [5, 5.41) is 0. The third-order valence-corrected chi connectivity index (χ3v) is 3.63. The molecule has 0 unspecified atom stereocenters. The fraction of sp³-hybridized carbons (Fsp3) is 0.500. The molecule has 15 heavy (non-hydrogen) atoms. The van der Waals surface area contributed by atoms with Crippen molar-refractivity contribution in [2.24, 2.45) is 5.92 Å². The van der Waals surface area contributed by atoms with Crippen molar-refractivity contribution >= 4 is 15.9 Å². The van der Waals surface area contributed by atoms with Crippen LogP contribution >= 0.6 is 15.9 Å². The Kier molecular flexibility index (Phi) is 3.10. The number of rotatable bonds is 2. The van der Waals surface area contributed by atoms with Crippen molar-refractivity contribution in [3.63, 3.8) is 0 Å². The zero-order chi connectivity index (χ0) is 10.9. The molecule has 0 atom stereocenters. The van der Waals surface area contributed by atoms with Crippen molar-refractivity contribution < 1.29 is 8.78 Å². The first-order valence-corrected chi connectivity index (χ1v) is 6.04. The predicted octanol–water partition coefficient (Wildman–Crippen LogP) is 4.73. The van der Waals surface area contributed by atoms with E-state index in [1.807, 2.05) is 0 Å². The maximum Gasteiger partial charge on any atom is 0.276 e. The Labute approximate surface area is 96.8 Å². The number of hydrogen-bond acceptors (Lipinski definition) is 0. The Morgan fingerprint density at radius 3 is 2.13 bits per heavy atom. The van der Waals surface area contributed by atoms with Gasteiger partial charge >= 0.3 is 0 Å². The lowest BCUT2D eigenvalue weighted by atomic mass is 9.93. The summed E-state index contributed by atoms with van der Waals surface area (Å²) in [6, 6.07) is 6.39. The molecular formula is C12H13BrF2. The van der Waals surface area contributed by atoms with Crippen LogP contribution in [-0.4, -0.2) is 0 Å². The summed E-state index contributed by atoms with van der Waals surface area (Å²) in [5.74, 6) is -3.12. The SMILES string of the molecule is FC(F)(c1ccc(Br)cc1)C1CCCC1. The van der Waals surface area contributed by atoms with Crippen LogP contribution in [-0.2, 0) is 5.92 Å². The van der Waals surface area contributed by atoms with E-state index in [0.29, 0.717) is 12.8 Å². The molecule has 1 aromatic carbocycles. The standard InChI is InChI=1S/C12H13BrF2/c13-11-7-5-10(6-8-11)12(14,15)9-3-1-2-4-9/h5-9H,1-4H2. The molecule has 0 amide bonds. The molecule has 1 aromatic rings. The van der Waals surface area contributed by atoms with Crippen LogP contribution in [0.3, 0.4) is 0 Å². The first kappa shape index (κ1) is 11.1. The molecule has 1 aliphatic carbocycles. The second-order valence-electron chi connectivity index (χ2n) is 4.11. The molecule has 0 radical (unpaired) electrons. The number of benzene rings is 1. The van der Waals surface area contributed by atoms with Gasteiger partial charge in [-0.25, -0.2) is 8.78 Å². The molecule has 0 nitrogen and oxygen atoms in total. The van der Waals surface area contributed by atoms with E-state index in [1.165, 1.54) is 12.1 Å². The smallest absolute Gasteiger partial charge is 0.201 e. The van der Waals surface area contributed by atoms with Crippen LogP contribution in [0.4, 0.5) is 8.78 Å². The van der Waals surface area contributed by atoms with Gasteiger partial charge in [-0.2, -0.15) is 0 Å². The highest BCUT2D eigenvalue weighted by molar-refractivity contribution is 9.10. The topological polar surface area (TPSA) is 0 Å². The van der Waals surface area contributed by atoms with Gasteiger partial charge in [0.15, 0.2) is 0 Å². The third kappa shape index (κ3) is 2.22. The molecule has 82 valence electrons. The largest absolute Gasteiger partial charge is 0.276 e. The Morgan fingerprint density at radius 2 is 1.60 bits per heavy atom. The van der Waals surface area contributed by atoms with Gasteiger partial charge in [0.25, 0.3) is 5.92 Å². The second kappa shape index (κ2) is 4.20. The zero-order valence-corrected chi connectivity index (χ0v) is 9.94. The fourth-order valence-corrected chi connectivity index (χ4v) is 2.46. The van der Waals surface area contributed by atoms with Crippen LogP contribution in [0, 0.1) is 5.92 Å². The molecule has 0 bridgehead atoms. The molecule has 0 heterocycles. The Balaban J connectivity index is 2.23. The van der Waals surface area contributed by atoms with Gasteiger partial charge in [0.05, 0.1) is 0 Å². The maximum atomic E-state index is 14.0. The van der Waals surface area contributed by atoms with E-state index in [-0.39, 0.29) is 5.56 Å². The summed E-state index contributed by atoms with van der Waals surface area (Å²) in [4.78, 5) is 0. The maximum absolute atomic E-state index is 14.0. The van der Waals surface area contributed by atoms with Crippen LogP contribution in [0.25, 0.3) is 0 Å². The second-order valence-corrected chi connectivity index (χ2v) is 5.03. The summed E-state index contributed by atoms with van der Waals surface area (Å²) in [7, 11) is 0. The van der Waals surface area contributed by atoms with E-state index in [0.717, 1.165) is 17.3 Å². The minimum absolute atomic E-state index is 0.151. The highest BCUT2D eigenvalue weighted by Gasteiger charge is 2.42. The fourth-order valence-electron chi connectivity index (χ4n) is 2.20. The van der Waals surface area contributed by atoms with Gasteiger partial charge in [0.1, 0.15) is 0 Å². The molecule has 0 aliphatic heterocycles. The lowest BCUT2D eigenvalue weighted by molar-refractivity contribution is -0.0626. The van der Waals surface area contributed by atoms with Crippen LogP contribution < -0.4 is 0 Å². The third-order valence-electron chi connectivity index (χ3n) is 3.10. The van der Waals surface area contributed by atoms with E-state index >= 15 is 0 Å². The van der Waals surface area contributed by atoms with Gasteiger partial charge in [-0.15, -0.1) is 0 Å². The average molecular weight is 275 g/mol. The van der Waals surface area contributed by atoms with E-state index in [4.69, 9.17) is 0 Å². The number of alkyl halides is 2. The van der Waals surface area contributed by atoms with Gasteiger partial charge in [-0.1, -0.05) is 40.9 Å². The van der Waals surface area contributed by atoms with E-state index in [2.05, 4.69) is 15.9 Å². The molecule has 1 saturated carbocycles. The minimum atomic E-state index is -2.66. The van der Waals surface area contributed by atoms with Crippen molar-refractivity contribution in [2.75, 3.05) is 0 Å². The molecule has 0 aromatic heterocycles. The lowest BCUT2D eigenvalue weighted by Gasteiger charge is -2.23. The molecule has 0 saturated heterocycles. The van der Waals surface area contributed by atoms with Crippen LogP contribution in [0.5, 0.6) is 0 Å². The predicted molar refractivity (Wildman–Crippen MR) is 60.0 cm³/mol. The molecule has 1 fully saturated rings. The molecule has 0 N–H and O–H groups in total. The average Bonchev–Trinajstić information content (AvgIpc) is 2.71. The van der Waals surface area contributed by atoms with Gasteiger partial charge in [0.2, 0.25) is 0 Å². The van der Waals surface area contributed by atoms with Gasteiger partial charge in [0, 0.05) is 16.0 Å². The molecular weight excluding hydrogens is 262 g/mol. The highest BCUT2D eigenvalue weighted by atomic mass is 79.9. The first-order chi connectivity index (χ1) is 7.10. The molecule has 0 spiro atoms. The summed E-state index contributed by atoms with van der Waals surface area (Å²) < 4.78 is 28.8. The summed E-state index contributed by atoms with van der Waals surface area (Å²) in [6.07, 6.45) is 3.19. The highest BCUT2D eigenvalue weighted by Crippen LogP contribution is 2.44. The van der Waals surface area contributed by atoms with E-state index in [1.54, 1.807) is 12.1 Å². The van der Waals surface area contributed by atoms with Crippen molar-refractivity contribution in [3.05, 3.63) is 34.3 Å². The normalized spacial score (nSPS) is 18.3.